The van der Waals surface area contributed by atoms with Crippen molar-refractivity contribution in [2.24, 2.45) is 11.8 Å². The number of aromatic nitrogens is 3. The lowest BCUT2D eigenvalue weighted by molar-refractivity contribution is 0.0662. The zero-order valence-corrected chi connectivity index (χ0v) is 16.0. The molecule has 1 saturated heterocycles. The first-order chi connectivity index (χ1) is 13.0. The third-order valence-electron chi connectivity index (χ3n) is 5.63. The fourth-order valence-corrected chi connectivity index (χ4v) is 3.93. The van der Waals surface area contributed by atoms with Gasteiger partial charge in [-0.1, -0.05) is 19.9 Å². The molecule has 0 atom stereocenters. The molecule has 0 aliphatic carbocycles. The summed E-state index contributed by atoms with van der Waals surface area (Å²) in [6.07, 6.45) is 3.77. The number of rotatable bonds is 3. The van der Waals surface area contributed by atoms with Gasteiger partial charge in [0.1, 0.15) is 22.6 Å². The summed E-state index contributed by atoms with van der Waals surface area (Å²) in [7, 11) is 1.60. The Kier molecular flexibility index (Phi) is 4.37. The number of amides is 1. The van der Waals surface area contributed by atoms with Gasteiger partial charge in [-0.05, 0) is 36.8 Å². The summed E-state index contributed by atoms with van der Waals surface area (Å²) in [5, 5.41) is 0.807. The molecule has 0 bridgehead atoms. The summed E-state index contributed by atoms with van der Waals surface area (Å²) in [4.78, 5) is 23.9. The summed E-state index contributed by atoms with van der Waals surface area (Å²) >= 11 is 0. The van der Waals surface area contributed by atoms with Crippen LogP contribution in [-0.2, 0) is 0 Å². The highest BCUT2D eigenvalue weighted by Crippen LogP contribution is 2.29. The molecule has 3 heterocycles. The van der Waals surface area contributed by atoms with Crippen molar-refractivity contribution < 1.29 is 9.53 Å². The first-order valence-corrected chi connectivity index (χ1v) is 9.40. The van der Waals surface area contributed by atoms with Crippen LogP contribution in [-0.4, -0.2) is 45.4 Å². The number of imidazole rings is 1. The maximum absolute atomic E-state index is 13.0. The molecule has 142 valence electrons. The summed E-state index contributed by atoms with van der Waals surface area (Å²) in [6.45, 7) is 6.05. The van der Waals surface area contributed by atoms with Gasteiger partial charge in [0.2, 0.25) is 5.95 Å². The number of hydrogen-bond acceptors (Lipinski definition) is 5. The summed E-state index contributed by atoms with van der Waals surface area (Å²) in [5.74, 6) is 2.22. The van der Waals surface area contributed by atoms with Crippen LogP contribution in [0.4, 0.5) is 5.95 Å². The van der Waals surface area contributed by atoms with Crippen LogP contribution in [0.15, 0.2) is 24.4 Å². The minimum Gasteiger partial charge on any atom is -0.494 e. The van der Waals surface area contributed by atoms with Gasteiger partial charge in [0, 0.05) is 24.7 Å². The zero-order valence-electron chi connectivity index (χ0n) is 16.0. The molecule has 7 nitrogen and oxygen atoms in total. The minimum absolute atomic E-state index is 0.0450. The zero-order chi connectivity index (χ0) is 19.1. The number of carbonyl (C=O) groups is 1. The van der Waals surface area contributed by atoms with Crippen molar-refractivity contribution >= 4 is 28.4 Å². The van der Waals surface area contributed by atoms with Gasteiger partial charge in [-0.25, -0.2) is 9.97 Å². The Morgan fingerprint density at radius 3 is 2.67 bits per heavy atom. The molecular weight excluding hydrogens is 342 g/mol. The Balaban J connectivity index is 1.70. The number of piperidine rings is 1. The van der Waals surface area contributed by atoms with Crippen LogP contribution in [0.25, 0.3) is 16.6 Å². The molecule has 27 heavy (non-hydrogen) atoms. The van der Waals surface area contributed by atoms with Crippen molar-refractivity contribution in [2.45, 2.75) is 26.7 Å². The number of likely N-dealkylation sites (tertiary alicyclic amines) is 1. The van der Waals surface area contributed by atoms with Crippen molar-refractivity contribution in [1.82, 2.24) is 19.3 Å². The SMILES string of the molecule is COc1cccc2c1nc(N)n1cc(C(=O)N3CCC(C(C)C)CC3)nc21. The lowest BCUT2D eigenvalue weighted by atomic mass is 9.86. The van der Waals surface area contributed by atoms with Gasteiger partial charge in [-0.2, -0.15) is 0 Å². The Morgan fingerprint density at radius 1 is 1.26 bits per heavy atom. The predicted octanol–water partition coefficient (Wildman–Crippen LogP) is 2.98. The number of anilines is 1. The fraction of sp³-hybridized carbons (Fsp3) is 0.450. The van der Waals surface area contributed by atoms with Crippen molar-refractivity contribution in [3.8, 4) is 5.75 Å². The Hall–Kier alpha value is -2.83. The van der Waals surface area contributed by atoms with E-state index in [1.807, 2.05) is 23.1 Å². The average molecular weight is 367 g/mol. The highest BCUT2D eigenvalue weighted by atomic mass is 16.5. The van der Waals surface area contributed by atoms with Crippen LogP contribution in [0.3, 0.4) is 0 Å². The highest BCUT2D eigenvalue weighted by Gasteiger charge is 2.27. The van der Waals surface area contributed by atoms with E-state index in [1.165, 1.54) is 0 Å². The molecule has 0 spiro atoms. The van der Waals surface area contributed by atoms with Crippen LogP contribution in [0.5, 0.6) is 5.75 Å². The third-order valence-corrected chi connectivity index (χ3v) is 5.63. The molecule has 1 fully saturated rings. The normalized spacial score (nSPS) is 15.8. The maximum Gasteiger partial charge on any atom is 0.274 e. The van der Waals surface area contributed by atoms with Crippen molar-refractivity contribution in [2.75, 3.05) is 25.9 Å². The topological polar surface area (TPSA) is 85.8 Å². The summed E-state index contributed by atoms with van der Waals surface area (Å²) in [6, 6.07) is 5.63. The van der Waals surface area contributed by atoms with Gasteiger partial charge < -0.3 is 15.4 Å². The number of nitrogen functional groups attached to an aromatic ring is 1. The Morgan fingerprint density at radius 2 is 2.00 bits per heavy atom. The monoisotopic (exact) mass is 367 g/mol. The van der Waals surface area contributed by atoms with E-state index in [1.54, 1.807) is 17.7 Å². The number of carbonyl (C=O) groups excluding carboxylic acids is 1. The van der Waals surface area contributed by atoms with Crippen LogP contribution < -0.4 is 10.5 Å². The molecule has 1 aliphatic rings. The van der Waals surface area contributed by atoms with Crippen LogP contribution in [0.2, 0.25) is 0 Å². The molecular formula is C20H25N5O2. The molecule has 7 heteroatoms. The number of hydrogen-bond donors (Lipinski definition) is 1. The lowest BCUT2D eigenvalue weighted by Crippen LogP contribution is -2.39. The van der Waals surface area contributed by atoms with E-state index in [4.69, 9.17) is 10.5 Å². The van der Waals surface area contributed by atoms with Crippen LogP contribution in [0, 0.1) is 11.8 Å². The maximum atomic E-state index is 13.0. The molecule has 0 unspecified atom stereocenters. The summed E-state index contributed by atoms with van der Waals surface area (Å²) in [5.41, 5.74) is 7.79. The number of methoxy groups -OCH3 is 1. The van der Waals surface area contributed by atoms with E-state index in [-0.39, 0.29) is 11.9 Å². The van der Waals surface area contributed by atoms with E-state index in [2.05, 4.69) is 23.8 Å². The van der Waals surface area contributed by atoms with Crippen LogP contribution >= 0.6 is 0 Å². The van der Waals surface area contributed by atoms with E-state index in [9.17, 15) is 4.79 Å². The van der Waals surface area contributed by atoms with Gasteiger partial charge in [0.25, 0.3) is 5.91 Å². The molecule has 0 saturated carbocycles. The number of nitrogens with two attached hydrogens (primary N) is 1. The van der Waals surface area contributed by atoms with Gasteiger partial charge in [-0.15, -0.1) is 0 Å². The molecule has 1 aliphatic heterocycles. The summed E-state index contributed by atoms with van der Waals surface area (Å²) < 4.78 is 7.06. The van der Waals surface area contributed by atoms with E-state index >= 15 is 0 Å². The number of benzene rings is 1. The number of para-hydroxylation sites is 1. The largest absolute Gasteiger partial charge is 0.494 e. The average Bonchev–Trinajstić information content (AvgIpc) is 3.13. The van der Waals surface area contributed by atoms with Crippen molar-refractivity contribution in [3.63, 3.8) is 0 Å². The van der Waals surface area contributed by atoms with Gasteiger partial charge in [-0.3, -0.25) is 9.20 Å². The fourth-order valence-electron chi connectivity index (χ4n) is 3.93. The number of nitrogens with zero attached hydrogens (tertiary/aromatic N) is 4. The van der Waals surface area contributed by atoms with Crippen molar-refractivity contribution in [3.05, 3.63) is 30.1 Å². The number of fused-ring (bicyclic) bond motifs is 3. The van der Waals surface area contributed by atoms with E-state index < -0.39 is 0 Å². The Labute approximate surface area is 158 Å². The first kappa shape index (κ1) is 17.6. The van der Waals surface area contributed by atoms with Crippen molar-refractivity contribution in [1.29, 1.82) is 0 Å². The highest BCUT2D eigenvalue weighted by molar-refractivity contribution is 5.99. The third kappa shape index (κ3) is 2.97. The lowest BCUT2D eigenvalue weighted by Gasteiger charge is -2.33. The molecule has 1 amide bonds. The molecule has 1 aromatic carbocycles. The van der Waals surface area contributed by atoms with E-state index in [0.717, 1.165) is 31.3 Å². The Bertz CT molecular complexity index is 1000. The predicted molar refractivity (Wildman–Crippen MR) is 105 cm³/mol. The molecule has 3 aromatic rings. The van der Waals surface area contributed by atoms with Gasteiger partial charge >= 0.3 is 0 Å². The second kappa shape index (κ2) is 6.72. The smallest absolute Gasteiger partial charge is 0.274 e. The second-order valence-corrected chi connectivity index (χ2v) is 7.52. The standard InChI is InChI=1S/C20H25N5O2/c1-12(2)13-7-9-24(10-8-13)19(26)15-11-25-18(22-15)14-5-4-6-16(27-3)17(14)23-20(25)21/h4-6,11-13H,7-10H2,1-3H3,(H2,21,23). The van der Waals surface area contributed by atoms with Crippen LogP contribution in [0.1, 0.15) is 37.2 Å². The van der Waals surface area contributed by atoms with Gasteiger partial charge in [0.05, 0.1) is 7.11 Å². The quantitative estimate of drug-likeness (QED) is 0.769. The minimum atomic E-state index is -0.0450. The molecule has 0 radical (unpaired) electrons. The van der Waals surface area contributed by atoms with E-state index in [0.29, 0.717) is 34.4 Å². The molecule has 2 aromatic heterocycles. The van der Waals surface area contributed by atoms with Gasteiger partial charge in [0.15, 0.2) is 0 Å². The molecule has 2 N–H and O–H groups in total. The first-order valence-electron chi connectivity index (χ1n) is 9.40. The second-order valence-electron chi connectivity index (χ2n) is 7.52. The molecule has 4 rings (SSSR count). The number of ether oxygens (including phenoxy) is 1.